The van der Waals surface area contributed by atoms with Gasteiger partial charge in [-0.25, -0.2) is 18.6 Å². The predicted molar refractivity (Wildman–Crippen MR) is 93.8 cm³/mol. The van der Waals surface area contributed by atoms with E-state index in [1.807, 2.05) is 6.07 Å². The molecule has 10 heteroatoms. The van der Waals surface area contributed by atoms with Gasteiger partial charge in [0.1, 0.15) is 11.9 Å². The average Bonchev–Trinajstić information content (AvgIpc) is 2.67. The number of rotatable bonds is 7. The molecule has 0 saturated heterocycles. The first-order chi connectivity index (χ1) is 13.0. The third-order valence-electron chi connectivity index (χ3n) is 3.24. The van der Waals surface area contributed by atoms with Crippen LogP contribution in [0.15, 0.2) is 36.5 Å². The maximum Gasteiger partial charge on any atom is 0.315 e. The van der Waals surface area contributed by atoms with Gasteiger partial charge in [0, 0.05) is 31.0 Å². The van der Waals surface area contributed by atoms with Crippen molar-refractivity contribution >= 4 is 23.4 Å². The van der Waals surface area contributed by atoms with Crippen molar-refractivity contribution in [3.8, 4) is 6.07 Å². The Morgan fingerprint density at radius 1 is 1.11 bits per heavy atom. The molecule has 3 amide bonds. The number of urea groups is 1. The van der Waals surface area contributed by atoms with Crippen molar-refractivity contribution in [2.75, 3.05) is 30.3 Å². The van der Waals surface area contributed by atoms with Gasteiger partial charge >= 0.3 is 6.03 Å². The molecule has 0 atom stereocenters. The topological polar surface area (TPSA) is 119 Å². The fourth-order valence-electron chi connectivity index (χ4n) is 2.00. The Labute approximate surface area is 153 Å². The van der Waals surface area contributed by atoms with Crippen molar-refractivity contribution in [1.29, 1.82) is 5.26 Å². The van der Waals surface area contributed by atoms with Crippen molar-refractivity contribution < 1.29 is 18.4 Å². The van der Waals surface area contributed by atoms with Crippen LogP contribution in [0.5, 0.6) is 0 Å². The lowest BCUT2D eigenvalue weighted by Gasteiger charge is -2.10. The molecule has 0 fully saturated rings. The van der Waals surface area contributed by atoms with E-state index >= 15 is 0 Å². The molecule has 0 unspecified atom stereocenters. The van der Waals surface area contributed by atoms with E-state index < -0.39 is 23.6 Å². The van der Waals surface area contributed by atoms with Gasteiger partial charge in [-0.1, -0.05) is 0 Å². The molecule has 0 radical (unpaired) electrons. The molecule has 0 aliphatic rings. The van der Waals surface area contributed by atoms with Crippen molar-refractivity contribution in [3.63, 3.8) is 0 Å². The number of pyridine rings is 1. The Kier molecular flexibility index (Phi) is 7.01. The number of hydrogen-bond donors (Lipinski definition) is 4. The molecule has 1 heterocycles. The van der Waals surface area contributed by atoms with Crippen LogP contribution in [0, 0.1) is 23.0 Å². The summed E-state index contributed by atoms with van der Waals surface area (Å²) in [6, 6.07) is 7.59. The lowest BCUT2D eigenvalue weighted by molar-refractivity contribution is -0.115. The molecule has 2 rings (SSSR count). The summed E-state index contributed by atoms with van der Waals surface area (Å²) in [4.78, 5) is 27.3. The van der Waals surface area contributed by atoms with Crippen LogP contribution >= 0.6 is 0 Å². The second-order valence-electron chi connectivity index (χ2n) is 5.22. The molecule has 1 aromatic carbocycles. The first kappa shape index (κ1) is 19.6. The summed E-state index contributed by atoms with van der Waals surface area (Å²) in [7, 11) is 0. The molecular formula is C17H16F2N6O2. The first-order valence-electron chi connectivity index (χ1n) is 7.85. The van der Waals surface area contributed by atoms with E-state index in [0.717, 1.165) is 12.1 Å². The van der Waals surface area contributed by atoms with Crippen LogP contribution in [0.2, 0.25) is 0 Å². The van der Waals surface area contributed by atoms with Gasteiger partial charge in [0.25, 0.3) is 0 Å². The summed E-state index contributed by atoms with van der Waals surface area (Å²) in [6.45, 7) is 0.190. The minimum atomic E-state index is -1.08. The molecule has 0 aliphatic heterocycles. The molecule has 2 aromatic rings. The largest absolute Gasteiger partial charge is 0.367 e. The molecule has 1 aromatic heterocycles. The number of amides is 3. The summed E-state index contributed by atoms with van der Waals surface area (Å²) in [6.07, 6.45) is 1.54. The van der Waals surface area contributed by atoms with Crippen molar-refractivity contribution in [2.45, 2.75) is 0 Å². The number of carbonyl (C=O) groups excluding carboxylic acids is 2. The van der Waals surface area contributed by atoms with Crippen molar-refractivity contribution in [3.05, 3.63) is 53.7 Å². The van der Waals surface area contributed by atoms with E-state index in [1.165, 1.54) is 12.3 Å². The zero-order valence-electron chi connectivity index (χ0n) is 14.1. The van der Waals surface area contributed by atoms with Gasteiger partial charge in [-0.05, 0) is 24.3 Å². The summed E-state index contributed by atoms with van der Waals surface area (Å²) in [5.41, 5.74) is 0.463. The number of halogens is 2. The minimum absolute atomic E-state index is 0.0777. The second-order valence-corrected chi connectivity index (χ2v) is 5.22. The van der Waals surface area contributed by atoms with Crippen LogP contribution < -0.4 is 21.3 Å². The zero-order chi connectivity index (χ0) is 19.6. The Morgan fingerprint density at radius 3 is 2.67 bits per heavy atom. The van der Waals surface area contributed by atoms with E-state index in [2.05, 4.69) is 26.3 Å². The number of nitrogens with one attached hydrogen (secondary N) is 4. The highest BCUT2D eigenvalue weighted by Gasteiger charge is 2.08. The molecule has 8 nitrogen and oxygen atoms in total. The average molecular weight is 374 g/mol. The van der Waals surface area contributed by atoms with Gasteiger partial charge in [0.05, 0.1) is 12.1 Å². The van der Waals surface area contributed by atoms with Gasteiger partial charge in [-0.3, -0.25) is 4.79 Å². The molecule has 27 heavy (non-hydrogen) atoms. The molecule has 0 saturated carbocycles. The van der Waals surface area contributed by atoms with Gasteiger partial charge < -0.3 is 21.3 Å². The van der Waals surface area contributed by atoms with Gasteiger partial charge in [-0.2, -0.15) is 5.26 Å². The van der Waals surface area contributed by atoms with Crippen LogP contribution in [-0.2, 0) is 4.79 Å². The molecular weight excluding hydrogens is 358 g/mol. The molecule has 4 N–H and O–H groups in total. The predicted octanol–water partition coefficient (Wildman–Crippen LogP) is 1.58. The number of anilines is 2. The fourth-order valence-corrected chi connectivity index (χ4v) is 2.00. The highest BCUT2D eigenvalue weighted by atomic mass is 19.2. The van der Waals surface area contributed by atoms with E-state index in [0.29, 0.717) is 17.9 Å². The quantitative estimate of drug-likeness (QED) is 0.549. The normalized spacial score (nSPS) is 9.81. The number of aromatic nitrogens is 1. The van der Waals surface area contributed by atoms with Crippen molar-refractivity contribution in [2.24, 2.45) is 0 Å². The number of carbonyl (C=O) groups is 2. The lowest BCUT2D eigenvalue weighted by atomic mass is 10.3. The van der Waals surface area contributed by atoms with Gasteiger partial charge in [0.2, 0.25) is 5.91 Å². The van der Waals surface area contributed by atoms with Crippen LogP contribution in [0.25, 0.3) is 0 Å². The van der Waals surface area contributed by atoms with Gasteiger partial charge in [-0.15, -0.1) is 0 Å². The SMILES string of the molecule is N#Cc1cccnc1NCCNC(=O)NCC(=O)Nc1ccc(F)c(F)c1. The van der Waals surface area contributed by atoms with Gasteiger partial charge in [0.15, 0.2) is 11.6 Å². The fraction of sp³-hybridized carbons (Fsp3) is 0.176. The Bertz CT molecular complexity index is 869. The molecule has 0 spiro atoms. The van der Waals surface area contributed by atoms with Crippen molar-refractivity contribution in [1.82, 2.24) is 15.6 Å². The maximum absolute atomic E-state index is 13.1. The third-order valence-corrected chi connectivity index (χ3v) is 3.24. The summed E-state index contributed by atoms with van der Waals surface area (Å²) >= 11 is 0. The summed E-state index contributed by atoms with van der Waals surface area (Å²) < 4.78 is 25.9. The number of nitriles is 1. The Morgan fingerprint density at radius 2 is 1.93 bits per heavy atom. The van der Waals surface area contributed by atoms with Crippen LogP contribution in [0.4, 0.5) is 25.1 Å². The molecule has 140 valence electrons. The minimum Gasteiger partial charge on any atom is -0.367 e. The number of hydrogen-bond acceptors (Lipinski definition) is 5. The van der Waals surface area contributed by atoms with E-state index in [-0.39, 0.29) is 18.8 Å². The number of nitrogens with zero attached hydrogens (tertiary/aromatic N) is 2. The Balaban J connectivity index is 1.66. The highest BCUT2D eigenvalue weighted by molar-refractivity contribution is 5.94. The van der Waals surface area contributed by atoms with Crippen LogP contribution in [-0.4, -0.2) is 36.6 Å². The molecule has 0 bridgehead atoms. The van der Waals surface area contributed by atoms with Crippen LogP contribution in [0.1, 0.15) is 5.56 Å². The third kappa shape index (κ3) is 6.24. The van der Waals surface area contributed by atoms with E-state index in [1.54, 1.807) is 12.1 Å². The maximum atomic E-state index is 13.1. The first-order valence-corrected chi connectivity index (χ1v) is 7.85. The summed E-state index contributed by atoms with van der Waals surface area (Å²) in [5.74, 6) is -2.29. The van der Waals surface area contributed by atoms with Crippen LogP contribution in [0.3, 0.4) is 0 Å². The standard InChI is InChI=1S/C17H16F2N6O2/c18-13-4-3-12(8-14(13)19)25-15(26)10-24-17(27)23-7-6-22-16-11(9-20)2-1-5-21-16/h1-5,8H,6-7,10H2,(H,21,22)(H,25,26)(H2,23,24,27). The molecule has 0 aliphatic carbocycles. The van der Waals surface area contributed by atoms with E-state index in [9.17, 15) is 18.4 Å². The van der Waals surface area contributed by atoms with E-state index in [4.69, 9.17) is 5.26 Å². The zero-order valence-corrected chi connectivity index (χ0v) is 14.1. The lowest BCUT2D eigenvalue weighted by Crippen LogP contribution is -2.41. The second kappa shape index (κ2) is 9.67. The number of benzene rings is 1. The Hall–Kier alpha value is -3.74. The highest BCUT2D eigenvalue weighted by Crippen LogP contribution is 2.12. The summed E-state index contributed by atoms with van der Waals surface area (Å²) in [5, 5.41) is 19.0. The smallest absolute Gasteiger partial charge is 0.315 e. The monoisotopic (exact) mass is 374 g/mol.